The molecule has 0 unspecified atom stereocenters. The number of aryl methyl sites for hydroxylation is 2. The molecule has 0 aliphatic heterocycles. The average Bonchev–Trinajstić information content (AvgIpc) is 3.01. The Hall–Kier alpha value is -2.46. The smallest absolute Gasteiger partial charge is 0.266 e. The number of amides is 1. The largest absolute Gasteiger partial charge is 0.319 e. The molecule has 116 valence electrons. The molecule has 2 nitrogen and oxygen atoms in total. The van der Waals surface area contributed by atoms with Crippen molar-refractivity contribution in [2.75, 3.05) is 5.32 Å². The number of anilines is 1. The summed E-state index contributed by atoms with van der Waals surface area (Å²) in [6.45, 7) is 3.88. The van der Waals surface area contributed by atoms with Crippen LogP contribution in [0.4, 0.5) is 10.1 Å². The third-order valence-corrected chi connectivity index (χ3v) is 4.52. The van der Waals surface area contributed by atoms with E-state index in [0.717, 1.165) is 22.3 Å². The molecule has 1 amide bonds. The maximum Gasteiger partial charge on any atom is 0.266 e. The van der Waals surface area contributed by atoms with Gasteiger partial charge in [0.2, 0.25) is 0 Å². The molecule has 3 rings (SSSR count). The van der Waals surface area contributed by atoms with E-state index in [9.17, 15) is 9.18 Å². The Bertz CT molecular complexity index is 852. The van der Waals surface area contributed by atoms with Gasteiger partial charge in [0.15, 0.2) is 0 Å². The highest BCUT2D eigenvalue weighted by atomic mass is 32.1. The van der Waals surface area contributed by atoms with Crippen LogP contribution in [0.2, 0.25) is 0 Å². The van der Waals surface area contributed by atoms with Crippen LogP contribution in [-0.2, 0) is 0 Å². The zero-order valence-corrected chi connectivity index (χ0v) is 13.7. The van der Waals surface area contributed by atoms with E-state index in [1.165, 1.54) is 17.4 Å². The summed E-state index contributed by atoms with van der Waals surface area (Å²) in [7, 11) is 0. The van der Waals surface area contributed by atoms with Crippen molar-refractivity contribution in [1.82, 2.24) is 0 Å². The molecular weight excluding hydrogens is 309 g/mol. The Kier molecular flexibility index (Phi) is 4.26. The number of carbonyl (C=O) groups is 1. The van der Waals surface area contributed by atoms with Gasteiger partial charge in [-0.15, -0.1) is 11.3 Å². The number of thiophene rings is 1. The third-order valence-electron chi connectivity index (χ3n) is 3.60. The lowest BCUT2D eigenvalue weighted by Gasteiger charge is -2.08. The first-order chi connectivity index (χ1) is 11.0. The number of benzene rings is 2. The van der Waals surface area contributed by atoms with Crippen molar-refractivity contribution in [2.45, 2.75) is 13.8 Å². The second-order valence-electron chi connectivity index (χ2n) is 5.47. The van der Waals surface area contributed by atoms with Crippen LogP contribution in [-0.4, -0.2) is 5.91 Å². The summed E-state index contributed by atoms with van der Waals surface area (Å²) in [6.07, 6.45) is 0. The van der Waals surface area contributed by atoms with Gasteiger partial charge < -0.3 is 5.32 Å². The van der Waals surface area contributed by atoms with Crippen LogP contribution in [0.15, 0.2) is 53.9 Å². The molecule has 0 bridgehead atoms. The Morgan fingerprint density at radius 3 is 2.43 bits per heavy atom. The summed E-state index contributed by atoms with van der Waals surface area (Å²) in [5.41, 5.74) is 4.11. The van der Waals surface area contributed by atoms with Crippen LogP contribution >= 0.6 is 11.3 Å². The first-order valence-corrected chi connectivity index (χ1v) is 8.14. The van der Waals surface area contributed by atoms with Gasteiger partial charge in [0.05, 0.1) is 10.6 Å². The summed E-state index contributed by atoms with van der Waals surface area (Å²) < 4.78 is 13.8. The third kappa shape index (κ3) is 3.32. The summed E-state index contributed by atoms with van der Waals surface area (Å²) in [4.78, 5) is 13.1. The van der Waals surface area contributed by atoms with Gasteiger partial charge in [-0.1, -0.05) is 35.9 Å². The molecule has 2 aromatic carbocycles. The monoisotopic (exact) mass is 325 g/mol. The molecule has 0 saturated heterocycles. The standard InChI is InChI=1S/C19H16FNOS/c1-12-3-6-14(7-4-12)15-9-10-23-18(15)19(22)21-17-11-13(2)5-8-16(17)20/h3-11H,1-2H3,(H,21,22). The van der Waals surface area contributed by atoms with E-state index in [1.54, 1.807) is 12.1 Å². The fraction of sp³-hybridized carbons (Fsp3) is 0.105. The minimum Gasteiger partial charge on any atom is -0.319 e. The van der Waals surface area contributed by atoms with E-state index >= 15 is 0 Å². The number of hydrogen-bond acceptors (Lipinski definition) is 2. The van der Waals surface area contributed by atoms with Crippen molar-refractivity contribution < 1.29 is 9.18 Å². The fourth-order valence-electron chi connectivity index (χ4n) is 2.36. The molecule has 0 aliphatic rings. The zero-order chi connectivity index (χ0) is 16.4. The van der Waals surface area contributed by atoms with E-state index in [0.29, 0.717) is 4.88 Å². The van der Waals surface area contributed by atoms with Crippen molar-refractivity contribution in [3.8, 4) is 11.1 Å². The van der Waals surface area contributed by atoms with Gasteiger partial charge in [0.1, 0.15) is 5.82 Å². The maximum atomic E-state index is 13.8. The van der Waals surface area contributed by atoms with Gasteiger partial charge in [-0.25, -0.2) is 4.39 Å². The molecule has 0 radical (unpaired) electrons. The summed E-state index contributed by atoms with van der Waals surface area (Å²) in [6, 6.07) is 14.6. The molecular formula is C19H16FNOS. The van der Waals surface area contributed by atoms with Crippen molar-refractivity contribution in [1.29, 1.82) is 0 Å². The van der Waals surface area contributed by atoms with Crippen molar-refractivity contribution in [3.63, 3.8) is 0 Å². The van der Waals surface area contributed by atoms with E-state index in [4.69, 9.17) is 0 Å². The molecule has 0 saturated carbocycles. The highest BCUT2D eigenvalue weighted by Gasteiger charge is 2.16. The first-order valence-electron chi connectivity index (χ1n) is 7.26. The lowest BCUT2D eigenvalue weighted by atomic mass is 10.0. The van der Waals surface area contributed by atoms with Gasteiger partial charge in [0.25, 0.3) is 5.91 Å². The first kappa shape index (κ1) is 15.4. The van der Waals surface area contributed by atoms with Gasteiger partial charge in [-0.3, -0.25) is 4.79 Å². The predicted molar refractivity (Wildman–Crippen MR) is 93.6 cm³/mol. The molecule has 23 heavy (non-hydrogen) atoms. The normalized spacial score (nSPS) is 10.6. The van der Waals surface area contributed by atoms with E-state index in [1.807, 2.05) is 49.6 Å². The second kappa shape index (κ2) is 6.34. The van der Waals surface area contributed by atoms with Crippen molar-refractivity contribution in [3.05, 3.63) is 75.7 Å². The molecule has 1 aromatic heterocycles. The van der Waals surface area contributed by atoms with Crippen LogP contribution in [0.5, 0.6) is 0 Å². The van der Waals surface area contributed by atoms with Crippen LogP contribution < -0.4 is 5.32 Å². The van der Waals surface area contributed by atoms with E-state index in [2.05, 4.69) is 5.32 Å². The van der Waals surface area contributed by atoms with E-state index in [-0.39, 0.29) is 11.6 Å². The lowest BCUT2D eigenvalue weighted by molar-refractivity contribution is 0.103. The molecule has 0 fully saturated rings. The van der Waals surface area contributed by atoms with Gasteiger partial charge in [-0.2, -0.15) is 0 Å². The topological polar surface area (TPSA) is 29.1 Å². The second-order valence-corrected chi connectivity index (χ2v) is 6.38. The minimum atomic E-state index is -0.433. The lowest BCUT2D eigenvalue weighted by Crippen LogP contribution is -2.12. The maximum absolute atomic E-state index is 13.8. The molecule has 4 heteroatoms. The van der Waals surface area contributed by atoms with Crippen molar-refractivity contribution in [2.24, 2.45) is 0 Å². The number of carbonyl (C=O) groups excluding carboxylic acids is 1. The quantitative estimate of drug-likeness (QED) is 0.684. The molecule has 1 N–H and O–H groups in total. The molecule has 0 spiro atoms. The Morgan fingerprint density at radius 1 is 1.00 bits per heavy atom. The molecule has 0 atom stereocenters. The fourth-order valence-corrected chi connectivity index (χ4v) is 3.17. The average molecular weight is 325 g/mol. The Labute approximate surface area is 138 Å². The number of hydrogen-bond donors (Lipinski definition) is 1. The van der Waals surface area contributed by atoms with Crippen molar-refractivity contribution >= 4 is 22.9 Å². The van der Waals surface area contributed by atoms with Crippen LogP contribution in [0.3, 0.4) is 0 Å². The zero-order valence-electron chi connectivity index (χ0n) is 12.9. The summed E-state index contributed by atoms with van der Waals surface area (Å²) >= 11 is 1.35. The number of nitrogens with one attached hydrogen (secondary N) is 1. The SMILES string of the molecule is Cc1ccc(-c2ccsc2C(=O)Nc2cc(C)ccc2F)cc1. The van der Waals surface area contributed by atoms with Crippen LogP contribution in [0.25, 0.3) is 11.1 Å². The van der Waals surface area contributed by atoms with Gasteiger partial charge in [-0.05, 0) is 48.6 Å². The molecule has 1 heterocycles. The summed E-state index contributed by atoms with van der Waals surface area (Å²) in [5.74, 6) is -0.725. The number of halogens is 1. The van der Waals surface area contributed by atoms with Gasteiger partial charge >= 0.3 is 0 Å². The Balaban J connectivity index is 1.91. The molecule has 3 aromatic rings. The highest BCUT2D eigenvalue weighted by molar-refractivity contribution is 7.12. The van der Waals surface area contributed by atoms with E-state index < -0.39 is 5.82 Å². The van der Waals surface area contributed by atoms with Crippen LogP contribution in [0.1, 0.15) is 20.8 Å². The Morgan fingerprint density at radius 2 is 1.70 bits per heavy atom. The van der Waals surface area contributed by atoms with Gasteiger partial charge in [0, 0.05) is 5.56 Å². The minimum absolute atomic E-state index is 0.207. The highest BCUT2D eigenvalue weighted by Crippen LogP contribution is 2.29. The summed E-state index contributed by atoms with van der Waals surface area (Å²) in [5, 5.41) is 4.54. The molecule has 0 aliphatic carbocycles. The number of rotatable bonds is 3. The van der Waals surface area contributed by atoms with Crippen LogP contribution in [0, 0.1) is 19.7 Å². The predicted octanol–water partition coefficient (Wildman–Crippen LogP) is 5.42.